The van der Waals surface area contributed by atoms with Gasteiger partial charge in [-0.15, -0.1) is 0 Å². The number of likely N-dealkylation sites (N-methyl/N-ethyl adjacent to an activating group) is 1. The van der Waals surface area contributed by atoms with Crippen LogP contribution in [0.4, 0.5) is 11.4 Å². The third-order valence-electron chi connectivity index (χ3n) is 3.24. The number of carbonyl (C=O) groups is 1. The summed E-state index contributed by atoms with van der Waals surface area (Å²) in [4.78, 5) is 14.1. The van der Waals surface area contributed by atoms with Crippen LogP contribution in [0, 0.1) is 0 Å². The number of rotatable bonds is 5. The first-order valence-electron chi connectivity index (χ1n) is 6.46. The van der Waals surface area contributed by atoms with Gasteiger partial charge in [-0.05, 0) is 38.2 Å². The highest BCUT2D eigenvalue weighted by Gasteiger charge is 2.19. The van der Waals surface area contributed by atoms with E-state index in [1.165, 1.54) is 0 Å². The van der Waals surface area contributed by atoms with Gasteiger partial charge in [-0.1, -0.05) is 12.1 Å². The first kappa shape index (κ1) is 14.1. The van der Waals surface area contributed by atoms with E-state index >= 15 is 0 Å². The second-order valence-electron chi connectivity index (χ2n) is 4.75. The molecule has 1 heterocycles. The highest BCUT2D eigenvalue weighted by atomic mass is 16.3. The summed E-state index contributed by atoms with van der Waals surface area (Å²) in [6.07, 6.45) is 1.62. The predicted molar refractivity (Wildman–Crippen MR) is 79.1 cm³/mol. The third kappa shape index (κ3) is 3.39. The number of nitrogens with zero attached hydrogens (tertiary/aromatic N) is 1. The predicted octanol–water partition coefficient (Wildman–Crippen LogP) is 2.32. The molecule has 0 spiro atoms. The number of nitrogen functional groups attached to an aromatic ring is 1. The molecule has 1 amide bonds. The molecule has 3 N–H and O–H groups in total. The highest BCUT2D eigenvalue weighted by Crippen LogP contribution is 2.17. The Bertz CT molecular complexity index is 566. The van der Waals surface area contributed by atoms with Crippen molar-refractivity contribution in [2.24, 2.45) is 0 Å². The minimum Gasteiger partial charge on any atom is -0.468 e. The van der Waals surface area contributed by atoms with Gasteiger partial charge in [0.2, 0.25) is 5.91 Å². The van der Waals surface area contributed by atoms with E-state index in [1.54, 1.807) is 18.4 Å². The Morgan fingerprint density at radius 3 is 2.75 bits per heavy atom. The highest BCUT2D eigenvalue weighted by molar-refractivity contribution is 5.96. The molecule has 0 bridgehead atoms. The van der Waals surface area contributed by atoms with Crippen molar-refractivity contribution in [1.29, 1.82) is 0 Å². The van der Waals surface area contributed by atoms with Crippen molar-refractivity contribution in [2.45, 2.75) is 19.5 Å². The van der Waals surface area contributed by atoms with Crippen molar-refractivity contribution in [3.05, 3.63) is 48.4 Å². The molecular weight excluding hydrogens is 254 g/mol. The van der Waals surface area contributed by atoms with Gasteiger partial charge in [0.15, 0.2) is 0 Å². The van der Waals surface area contributed by atoms with E-state index in [1.807, 2.05) is 43.1 Å². The maximum Gasteiger partial charge on any atom is 0.241 e. The molecule has 106 valence electrons. The largest absolute Gasteiger partial charge is 0.468 e. The number of anilines is 2. The molecule has 5 heteroatoms. The van der Waals surface area contributed by atoms with Gasteiger partial charge < -0.3 is 15.5 Å². The fourth-order valence-electron chi connectivity index (χ4n) is 1.83. The summed E-state index contributed by atoms with van der Waals surface area (Å²) in [5, 5.41) is 2.83. The zero-order valence-corrected chi connectivity index (χ0v) is 11.7. The van der Waals surface area contributed by atoms with Crippen molar-refractivity contribution >= 4 is 17.3 Å². The molecule has 0 aliphatic carbocycles. The second-order valence-corrected chi connectivity index (χ2v) is 4.75. The molecule has 2 aromatic rings. The van der Waals surface area contributed by atoms with Gasteiger partial charge in [-0.3, -0.25) is 9.69 Å². The molecule has 1 atom stereocenters. The van der Waals surface area contributed by atoms with Crippen LogP contribution in [0.2, 0.25) is 0 Å². The lowest BCUT2D eigenvalue weighted by Gasteiger charge is -2.23. The number of hydrogen-bond acceptors (Lipinski definition) is 4. The summed E-state index contributed by atoms with van der Waals surface area (Å²) < 4.78 is 5.28. The van der Waals surface area contributed by atoms with E-state index in [2.05, 4.69) is 5.32 Å². The number of nitrogens with one attached hydrogen (secondary N) is 1. The van der Waals surface area contributed by atoms with Gasteiger partial charge in [0, 0.05) is 0 Å². The topological polar surface area (TPSA) is 71.5 Å². The number of furan rings is 1. The normalized spacial score (nSPS) is 12.3. The Morgan fingerprint density at radius 2 is 2.10 bits per heavy atom. The molecule has 0 aliphatic heterocycles. The Labute approximate surface area is 118 Å². The average Bonchev–Trinajstić information content (AvgIpc) is 2.93. The van der Waals surface area contributed by atoms with Gasteiger partial charge in [0.25, 0.3) is 0 Å². The second kappa shape index (κ2) is 6.25. The van der Waals surface area contributed by atoms with Crippen LogP contribution < -0.4 is 11.1 Å². The monoisotopic (exact) mass is 273 g/mol. The number of para-hydroxylation sites is 2. The molecule has 0 saturated carbocycles. The van der Waals surface area contributed by atoms with Gasteiger partial charge in [0.05, 0.1) is 30.2 Å². The lowest BCUT2D eigenvalue weighted by atomic mass is 10.2. The number of nitrogens with two attached hydrogens (primary N) is 1. The fraction of sp³-hybridized carbons (Fsp3) is 0.267. The molecule has 20 heavy (non-hydrogen) atoms. The summed E-state index contributed by atoms with van der Waals surface area (Å²) in [7, 11) is 1.88. The Hall–Kier alpha value is -2.27. The van der Waals surface area contributed by atoms with Crippen LogP contribution in [-0.4, -0.2) is 23.9 Å². The number of amides is 1. The van der Waals surface area contributed by atoms with E-state index in [0.29, 0.717) is 17.9 Å². The summed E-state index contributed by atoms with van der Waals surface area (Å²) in [5.74, 6) is 0.725. The number of hydrogen-bond donors (Lipinski definition) is 2. The van der Waals surface area contributed by atoms with Crippen LogP contribution in [0.15, 0.2) is 47.1 Å². The van der Waals surface area contributed by atoms with E-state index in [4.69, 9.17) is 10.2 Å². The Kier molecular flexibility index (Phi) is 4.42. The SMILES string of the molecule is CC(C(=O)Nc1ccccc1N)N(C)Cc1ccco1. The maximum absolute atomic E-state index is 12.2. The molecule has 1 aromatic carbocycles. The van der Waals surface area contributed by atoms with Crippen LogP contribution in [0.1, 0.15) is 12.7 Å². The van der Waals surface area contributed by atoms with Crippen LogP contribution in [-0.2, 0) is 11.3 Å². The maximum atomic E-state index is 12.2. The lowest BCUT2D eigenvalue weighted by molar-refractivity contribution is -0.120. The molecular formula is C15H19N3O2. The lowest BCUT2D eigenvalue weighted by Crippen LogP contribution is -2.39. The van der Waals surface area contributed by atoms with Gasteiger partial charge in [0.1, 0.15) is 5.76 Å². The van der Waals surface area contributed by atoms with Crippen molar-refractivity contribution in [3.63, 3.8) is 0 Å². The number of benzene rings is 1. The van der Waals surface area contributed by atoms with E-state index in [0.717, 1.165) is 5.76 Å². The van der Waals surface area contributed by atoms with Crippen LogP contribution in [0.25, 0.3) is 0 Å². The fourth-order valence-corrected chi connectivity index (χ4v) is 1.83. The molecule has 0 aliphatic rings. The van der Waals surface area contributed by atoms with Crippen molar-refractivity contribution in [3.8, 4) is 0 Å². The molecule has 0 radical (unpaired) electrons. The van der Waals surface area contributed by atoms with Gasteiger partial charge >= 0.3 is 0 Å². The standard InChI is InChI=1S/C15H19N3O2/c1-11(18(2)10-12-6-5-9-20-12)15(19)17-14-8-4-3-7-13(14)16/h3-9,11H,10,16H2,1-2H3,(H,17,19). The summed E-state index contributed by atoms with van der Waals surface area (Å²) in [5.41, 5.74) is 7.00. The molecule has 5 nitrogen and oxygen atoms in total. The molecule has 0 fully saturated rings. The summed E-state index contributed by atoms with van der Waals surface area (Å²) >= 11 is 0. The summed E-state index contributed by atoms with van der Waals surface area (Å²) in [6, 6.07) is 10.6. The van der Waals surface area contributed by atoms with Crippen molar-refractivity contribution < 1.29 is 9.21 Å². The Balaban J connectivity index is 1.96. The minimum atomic E-state index is -0.292. The van der Waals surface area contributed by atoms with Crippen LogP contribution in [0.3, 0.4) is 0 Å². The van der Waals surface area contributed by atoms with Crippen molar-refractivity contribution in [2.75, 3.05) is 18.1 Å². The van der Waals surface area contributed by atoms with Crippen LogP contribution >= 0.6 is 0 Å². The van der Waals surface area contributed by atoms with E-state index in [9.17, 15) is 4.79 Å². The average molecular weight is 273 g/mol. The minimum absolute atomic E-state index is 0.100. The van der Waals surface area contributed by atoms with E-state index < -0.39 is 0 Å². The zero-order valence-electron chi connectivity index (χ0n) is 11.7. The summed E-state index contributed by atoms with van der Waals surface area (Å²) in [6.45, 7) is 2.42. The van der Waals surface area contributed by atoms with Crippen molar-refractivity contribution in [1.82, 2.24) is 4.90 Å². The van der Waals surface area contributed by atoms with Crippen LogP contribution in [0.5, 0.6) is 0 Å². The molecule has 1 aromatic heterocycles. The number of carbonyl (C=O) groups excluding carboxylic acids is 1. The Morgan fingerprint density at radius 1 is 1.35 bits per heavy atom. The van der Waals surface area contributed by atoms with Gasteiger partial charge in [-0.25, -0.2) is 0 Å². The molecule has 1 unspecified atom stereocenters. The van der Waals surface area contributed by atoms with Gasteiger partial charge in [-0.2, -0.15) is 0 Å². The smallest absolute Gasteiger partial charge is 0.241 e. The molecule has 0 saturated heterocycles. The quantitative estimate of drug-likeness (QED) is 0.820. The third-order valence-corrected chi connectivity index (χ3v) is 3.24. The first-order valence-corrected chi connectivity index (χ1v) is 6.46. The molecule has 2 rings (SSSR count). The first-order chi connectivity index (χ1) is 9.58. The zero-order chi connectivity index (χ0) is 14.5. The van der Waals surface area contributed by atoms with E-state index in [-0.39, 0.29) is 11.9 Å².